The molecule has 0 radical (unpaired) electrons. The summed E-state index contributed by atoms with van der Waals surface area (Å²) in [5.41, 5.74) is 1.18. The molecule has 2 aliphatic heterocycles. The number of nitrogens with zero attached hydrogens (tertiary/aromatic N) is 4. The maximum atomic E-state index is 11.9. The average molecular weight is 417 g/mol. The van der Waals surface area contributed by atoms with Crippen molar-refractivity contribution in [3.05, 3.63) is 16.8 Å². The molecule has 1 aliphatic carbocycles. The third-order valence-electron chi connectivity index (χ3n) is 6.52. The summed E-state index contributed by atoms with van der Waals surface area (Å²) >= 11 is 1.72. The van der Waals surface area contributed by atoms with Crippen molar-refractivity contribution in [3.8, 4) is 5.88 Å². The van der Waals surface area contributed by atoms with Crippen LogP contribution >= 0.6 is 11.3 Å². The van der Waals surface area contributed by atoms with Crippen LogP contribution in [0.3, 0.4) is 0 Å². The van der Waals surface area contributed by atoms with E-state index in [0.717, 1.165) is 62.3 Å². The van der Waals surface area contributed by atoms with E-state index in [1.54, 1.807) is 24.6 Å². The maximum absolute atomic E-state index is 11.9. The van der Waals surface area contributed by atoms with Gasteiger partial charge in [0.05, 0.1) is 18.6 Å². The molecule has 0 spiro atoms. The Labute approximate surface area is 175 Å². The lowest BCUT2D eigenvalue weighted by molar-refractivity contribution is -0.129. The lowest BCUT2D eigenvalue weighted by atomic mass is 9.91. The van der Waals surface area contributed by atoms with Crippen LogP contribution in [-0.4, -0.2) is 70.7 Å². The number of morpholine rings is 1. The smallest absolute Gasteiger partial charge is 0.225 e. The van der Waals surface area contributed by atoms with Crippen molar-refractivity contribution in [2.24, 2.45) is 0 Å². The van der Waals surface area contributed by atoms with Crippen LogP contribution in [0, 0.1) is 0 Å². The molecule has 3 aliphatic rings. The highest BCUT2D eigenvalue weighted by Crippen LogP contribution is 2.39. The second kappa shape index (κ2) is 8.16. The van der Waals surface area contributed by atoms with Gasteiger partial charge in [0.2, 0.25) is 11.8 Å². The maximum Gasteiger partial charge on any atom is 0.225 e. The third kappa shape index (κ3) is 3.85. The molecule has 8 heteroatoms. The summed E-state index contributed by atoms with van der Waals surface area (Å²) in [7, 11) is 0. The van der Waals surface area contributed by atoms with Gasteiger partial charge in [0, 0.05) is 49.6 Å². The summed E-state index contributed by atoms with van der Waals surface area (Å²) in [4.78, 5) is 27.7. The first-order chi connectivity index (χ1) is 14.2. The van der Waals surface area contributed by atoms with Crippen molar-refractivity contribution >= 4 is 27.5 Å². The molecule has 2 fully saturated rings. The van der Waals surface area contributed by atoms with Crippen molar-refractivity contribution < 1.29 is 14.3 Å². The van der Waals surface area contributed by atoms with Gasteiger partial charge in [-0.3, -0.25) is 9.69 Å². The molecule has 4 heterocycles. The van der Waals surface area contributed by atoms with E-state index in [1.807, 2.05) is 4.90 Å². The van der Waals surface area contributed by atoms with E-state index in [-0.39, 0.29) is 12.0 Å². The van der Waals surface area contributed by atoms with Crippen molar-refractivity contribution in [2.75, 3.05) is 32.8 Å². The topological polar surface area (TPSA) is 67.8 Å². The van der Waals surface area contributed by atoms with Crippen LogP contribution in [0.15, 0.2) is 6.33 Å². The Kier molecular flexibility index (Phi) is 5.41. The summed E-state index contributed by atoms with van der Waals surface area (Å²) in [5, 5.41) is 1.02. The van der Waals surface area contributed by atoms with E-state index in [9.17, 15) is 4.79 Å². The number of rotatable bonds is 3. The normalized spacial score (nSPS) is 25.8. The van der Waals surface area contributed by atoms with Gasteiger partial charge >= 0.3 is 0 Å². The summed E-state index contributed by atoms with van der Waals surface area (Å²) in [6.45, 7) is 6.88. The van der Waals surface area contributed by atoms with E-state index in [0.29, 0.717) is 18.5 Å². The molecule has 0 aromatic carbocycles. The largest absolute Gasteiger partial charge is 0.474 e. The Balaban J connectivity index is 1.31. The first kappa shape index (κ1) is 19.2. The van der Waals surface area contributed by atoms with Gasteiger partial charge in [0.15, 0.2) is 0 Å². The minimum absolute atomic E-state index is 0.121. The van der Waals surface area contributed by atoms with E-state index in [1.165, 1.54) is 23.3 Å². The number of amides is 1. The molecule has 1 saturated heterocycles. The first-order valence-corrected chi connectivity index (χ1v) is 11.5. The number of thiophene rings is 1. The number of carbonyl (C=O) groups excluding carboxylic acids is 1. The molecule has 1 amide bonds. The number of carbonyl (C=O) groups is 1. The van der Waals surface area contributed by atoms with E-state index in [2.05, 4.69) is 14.9 Å². The van der Waals surface area contributed by atoms with E-state index >= 15 is 0 Å². The van der Waals surface area contributed by atoms with Gasteiger partial charge in [-0.1, -0.05) is 0 Å². The van der Waals surface area contributed by atoms with Gasteiger partial charge in [-0.05, 0) is 32.1 Å². The van der Waals surface area contributed by atoms with Crippen molar-refractivity contribution in [1.82, 2.24) is 19.8 Å². The van der Waals surface area contributed by atoms with Crippen LogP contribution in [0.2, 0.25) is 0 Å². The zero-order chi connectivity index (χ0) is 19.8. The van der Waals surface area contributed by atoms with Crippen LogP contribution < -0.4 is 4.74 Å². The fourth-order valence-corrected chi connectivity index (χ4v) is 6.00. The quantitative estimate of drug-likeness (QED) is 0.766. The molecular weight excluding hydrogens is 388 g/mol. The molecule has 1 saturated carbocycles. The molecule has 29 heavy (non-hydrogen) atoms. The minimum atomic E-state index is 0.121. The predicted molar refractivity (Wildman–Crippen MR) is 111 cm³/mol. The van der Waals surface area contributed by atoms with Gasteiger partial charge in [-0.25, -0.2) is 9.97 Å². The Morgan fingerprint density at radius 3 is 2.72 bits per heavy atom. The number of ether oxygens (including phenoxy) is 2. The molecule has 156 valence electrons. The Morgan fingerprint density at radius 2 is 1.97 bits per heavy atom. The summed E-state index contributed by atoms with van der Waals surface area (Å²) < 4.78 is 11.9. The highest BCUT2D eigenvalue weighted by molar-refractivity contribution is 7.18. The Bertz CT molecular complexity index is 887. The molecule has 0 N–H and O–H groups in total. The van der Waals surface area contributed by atoms with Crippen molar-refractivity contribution in [3.63, 3.8) is 0 Å². The van der Waals surface area contributed by atoms with E-state index < -0.39 is 0 Å². The van der Waals surface area contributed by atoms with Crippen LogP contribution in [0.5, 0.6) is 5.88 Å². The van der Waals surface area contributed by atoms with Gasteiger partial charge in [0.25, 0.3) is 0 Å². The zero-order valence-electron chi connectivity index (χ0n) is 16.9. The molecule has 7 nitrogen and oxygen atoms in total. The Hall–Kier alpha value is -1.77. The second-order valence-corrected chi connectivity index (χ2v) is 9.33. The van der Waals surface area contributed by atoms with Crippen LogP contribution in [0.4, 0.5) is 0 Å². The van der Waals surface area contributed by atoms with Crippen LogP contribution in [-0.2, 0) is 22.5 Å². The van der Waals surface area contributed by atoms with Crippen molar-refractivity contribution in [1.29, 1.82) is 0 Å². The number of fused-ring (bicyclic) bond motifs is 3. The number of hydrogen-bond donors (Lipinski definition) is 0. The first-order valence-electron chi connectivity index (χ1n) is 10.7. The highest BCUT2D eigenvalue weighted by Gasteiger charge is 2.30. The summed E-state index contributed by atoms with van der Waals surface area (Å²) in [6.07, 6.45) is 7.14. The lowest BCUT2D eigenvalue weighted by Gasteiger charge is -2.38. The molecule has 0 unspecified atom stereocenters. The summed E-state index contributed by atoms with van der Waals surface area (Å²) in [5.74, 6) is 0.823. The molecule has 5 rings (SSSR count). The van der Waals surface area contributed by atoms with Gasteiger partial charge < -0.3 is 14.4 Å². The second-order valence-electron chi connectivity index (χ2n) is 8.25. The van der Waals surface area contributed by atoms with E-state index in [4.69, 9.17) is 9.47 Å². The predicted octanol–water partition coefficient (Wildman–Crippen LogP) is 2.62. The highest BCUT2D eigenvalue weighted by atomic mass is 32.1. The summed E-state index contributed by atoms with van der Waals surface area (Å²) in [6, 6.07) is 0.655. The van der Waals surface area contributed by atoms with Crippen LogP contribution in [0.1, 0.15) is 43.0 Å². The lowest BCUT2D eigenvalue weighted by Crippen LogP contribution is -2.46. The fraction of sp³-hybridized carbons (Fsp3) is 0.667. The standard InChI is InChI=1S/C21H28N4O3S/c1-14(26)25-7-6-18-17(12-25)19-20(22-13-23-21(19)29-18)28-16-4-2-15(3-5-16)24-8-10-27-11-9-24/h13,15-16H,2-12H2,1H3/t15-,16-. The van der Waals surface area contributed by atoms with Gasteiger partial charge in [-0.15, -0.1) is 11.3 Å². The molecular formula is C21H28N4O3S. The number of aromatic nitrogens is 2. The van der Waals surface area contributed by atoms with Gasteiger partial charge in [-0.2, -0.15) is 0 Å². The monoisotopic (exact) mass is 416 g/mol. The minimum Gasteiger partial charge on any atom is -0.474 e. The molecule has 2 aromatic heterocycles. The fourth-order valence-electron chi connectivity index (χ4n) is 4.87. The van der Waals surface area contributed by atoms with Gasteiger partial charge in [0.1, 0.15) is 17.3 Å². The zero-order valence-corrected chi connectivity index (χ0v) is 17.7. The third-order valence-corrected chi connectivity index (χ3v) is 7.72. The van der Waals surface area contributed by atoms with Crippen molar-refractivity contribution in [2.45, 2.75) is 57.7 Å². The van der Waals surface area contributed by atoms with Crippen LogP contribution in [0.25, 0.3) is 10.2 Å². The SMILES string of the molecule is CC(=O)N1CCc2sc3ncnc(O[C@H]4CC[C@H](N5CCOCC5)CC4)c3c2C1. The molecule has 2 aromatic rings. The molecule has 0 bridgehead atoms. The average Bonchev–Trinajstić information content (AvgIpc) is 3.13. The Morgan fingerprint density at radius 1 is 1.17 bits per heavy atom. The molecule has 0 atom stereocenters. The number of hydrogen-bond acceptors (Lipinski definition) is 7.